The van der Waals surface area contributed by atoms with Crippen LogP contribution in [0.4, 0.5) is 13.6 Å². The maximum Gasteiger partial charge on any atom is 0.387 e. The number of halogens is 2. The van der Waals surface area contributed by atoms with Crippen molar-refractivity contribution >= 4 is 11.9 Å². The molecule has 1 aromatic heterocycles. The van der Waals surface area contributed by atoms with E-state index in [0.717, 1.165) is 5.56 Å². The molecule has 0 bridgehead atoms. The SMILES string of the molecule is CC(NC(=O)NCCNC(=O)c1ccco1)c1ccc(OC(F)F)cc1. The number of rotatable bonds is 8. The Bertz CT molecular complexity index is 705. The number of urea groups is 1. The highest BCUT2D eigenvalue weighted by atomic mass is 19.3. The number of ether oxygens (including phenoxy) is 1. The highest BCUT2D eigenvalue weighted by Gasteiger charge is 2.11. The molecule has 0 aliphatic carbocycles. The molecular weight excluding hydrogens is 348 g/mol. The Balaban J connectivity index is 1.69. The van der Waals surface area contributed by atoms with Gasteiger partial charge < -0.3 is 25.1 Å². The first-order chi connectivity index (χ1) is 12.5. The van der Waals surface area contributed by atoms with Crippen LogP contribution in [0.2, 0.25) is 0 Å². The lowest BCUT2D eigenvalue weighted by atomic mass is 10.1. The van der Waals surface area contributed by atoms with E-state index in [4.69, 9.17) is 4.42 Å². The van der Waals surface area contributed by atoms with E-state index in [9.17, 15) is 18.4 Å². The standard InChI is InChI=1S/C17H19F2N3O4/c1-11(12-4-6-13(7-5-12)26-16(18)19)22-17(24)21-9-8-20-15(23)14-3-2-10-25-14/h2-7,10-11,16H,8-9H2,1H3,(H,20,23)(H2,21,22,24). The Morgan fingerprint density at radius 1 is 1.12 bits per heavy atom. The van der Waals surface area contributed by atoms with E-state index in [1.165, 1.54) is 24.5 Å². The van der Waals surface area contributed by atoms with Gasteiger partial charge in [0.1, 0.15) is 5.75 Å². The van der Waals surface area contributed by atoms with E-state index in [1.807, 2.05) is 0 Å². The lowest BCUT2D eigenvalue weighted by Gasteiger charge is -2.15. The number of amides is 3. The third-order valence-corrected chi connectivity index (χ3v) is 3.39. The number of alkyl halides is 2. The van der Waals surface area contributed by atoms with E-state index in [2.05, 4.69) is 20.7 Å². The van der Waals surface area contributed by atoms with Crippen LogP contribution in [-0.4, -0.2) is 31.6 Å². The van der Waals surface area contributed by atoms with Crippen molar-refractivity contribution in [3.05, 3.63) is 54.0 Å². The predicted molar refractivity (Wildman–Crippen MR) is 89.1 cm³/mol. The maximum absolute atomic E-state index is 12.1. The summed E-state index contributed by atoms with van der Waals surface area (Å²) in [6.07, 6.45) is 1.40. The van der Waals surface area contributed by atoms with Crippen LogP contribution in [0.1, 0.15) is 29.1 Å². The molecule has 26 heavy (non-hydrogen) atoms. The van der Waals surface area contributed by atoms with Gasteiger partial charge in [-0.25, -0.2) is 4.79 Å². The zero-order chi connectivity index (χ0) is 18.9. The number of hydrogen-bond acceptors (Lipinski definition) is 4. The monoisotopic (exact) mass is 367 g/mol. The molecule has 3 N–H and O–H groups in total. The molecular formula is C17H19F2N3O4. The summed E-state index contributed by atoms with van der Waals surface area (Å²) in [7, 11) is 0. The first-order valence-corrected chi connectivity index (χ1v) is 7.86. The Hall–Kier alpha value is -3.10. The summed E-state index contributed by atoms with van der Waals surface area (Å²) in [6, 6.07) is 8.37. The lowest BCUT2D eigenvalue weighted by Crippen LogP contribution is -2.41. The molecule has 1 unspecified atom stereocenters. The number of benzene rings is 1. The summed E-state index contributed by atoms with van der Waals surface area (Å²) in [6.45, 7) is -0.663. The van der Waals surface area contributed by atoms with Gasteiger partial charge in [0.15, 0.2) is 5.76 Å². The number of hydrogen-bond donors (Lipinski definition) is 3. The van der Waals surface area contributed by atoms with Crippen LogP contribution in [0.3, 0.4) is 0 Å². The molecule has 2 rings (SSSR count). The molecule has 0 spiro atoms. The van der Waals surface area contributed by atoms with Gasteiger partial charge >= 0.3 is 12.6 Å². The summed E-state index contributed by atoms with van der Waals surface area (Å²) in [5.41, 5.74) is 0.730. The largest absolute Gasteiger partial charge is 0.459 e. The zero-order valence-electron chi connectivity index (χ0n) is 14.0. The maximum atomic E-state index is 12.1. The molecule has 2 aromatic rings. The topological polar surface area (TPSA) is 92.6 Å². The number of furan rings is 1. The summed E-state index contributed by atoms with van der Waals surface area (Å²) < 4.78 is 33.4. The van der Waals surface area contributed by atoms with Crippen molar-refractivity contribution in [3.8, 4) is 5.75 Å². The van der Waals surface area contributed by atoms with Crippen molar-refractivity contribution in [2.24, 2.45) is 0 Å². The molecule has 0 fully saturated rings. The van der Waals surface area contributed by atoms with Crippen LogP contribution < -0.4 is 20.7 Å². The van der Waals surface area contributed by atoms with Crippen LogP contribution in [0.25, 0.3) is 0 Å². The van der Waals surface area contributed by atoms with Crippen molar-refractivity contribution in [2.45, 2.75) is 19.6 Å². The van der Waals surface area contributed by atoms with Crippen molar-refractivity contribution in [1.82, 2.24) is 16.0 Å². The van der Waals surface area contributed by atoms with Gasteiger partial charge in [-0.1, -0.05) is 12.1 Å². The second kappa shape index (κ2) is 9.40. The number of nitrogens with one attached hydrogen (secondary N) is 3. The van der Waals surface area contributed by atoms with Crippen molar-refractivity contribution in [1.29, 1.82) is 0 Å². The van der Waals surface area contributed by atoms with Crippen molar-refractivity contribution < 1.29 is 27.5 Å². The third kappa shape index (κ3) is 6.08. The van der Waals surface area contributed by atoms with Gasteiger partial charge in [0.2, 0.25) is 0 Å². The molecule has 0 radical (unpaired) electrons. The third-order valence-electron chi connectivity index (χ3n) is 3.39. The predicted octanol–water partition coefficient (Wildman–Crippen LogP) is 2.67. The minimum Gasteiger partial charge on any atom is -0.459 e. The highest BCUT2D eigenvalue weighted by molar-refractivity contribution is 5.91. The first kappa shape index (κ1) is 19.2. The van der Waals surface area contributed by atoms with E-state index >= 15 is 0 Å². The van der Waals surface area contributed by atoms with Crippen molar-refractivity contribution in [3.63, 3.8) is 0 Å². The molecule has 1 aromatic carbocycles. The fourth-order valence-corrected chi connectivity index (χ4v) is 2.12. The highest BCUT2D eigenvalue weighted by Crippen LogP contribution is 2.19. The normalized spacial score (nSPS) is 11.7. The summed E-state index contributed by atoms with van der Waals surface area (Å²) >= 11 is 0. The molecule has 3 amide bonds. The smallest absolute Gasteiger partial charge is 0.387 e. The molecule has 0 aliphatic rings. The zero-order valence-corrected chi connectivity index (χ0v) is 14.0. The minimum atomic E-state index is -2.88. The van der Waals surface area contributed by atoms with E-state index < -0.39 is 12.6 Å². The lowest BCUT2D eigenvalue weighted by molar-refractivity contribution is -0.0498. The Kier molecular flexibility index (Phi) is 6.95. The molecule has 0 saturated carbocycles. The molecule has 0 aliphatic heterocycles. The number of carbonyl (C=O) groups excluding carboxylic acids is 2. The Labute approximate surface area is 148 Å². The molecule has 1 atom stereocenters. The van der Waals surface area contributed by atoms with Gasteiger partial charge in [0.25, 0.3) is 5.91 Å². The summed E-state index contributed by atoms with van der Waals surface area (Å²) in [4.78, 5) is 23.5. The fourth-order valence-electron chi connectivity index (χ4n) is 2.12. The van der Waals surface area contributed by atoms with E-state index in [1.54, 1.807) is 25.1 Å². The molecule has 9 heteroatoms. The van der Waals surface area contributed by atoms with Crippen LogP contribution in [0, 0.1) is 0 Å². The molecule has 0 saturated heterocycles. The Morgan fingerprint density at radius 3 is 2.42 bits per heavy atom. The average Bonchev–Trinajstić information content (AvgIpc) is 3.13. The van der Waals surface area contributed by atoms with Crippen molar-refractivity contribution in [2.75, 3.05) is 13.1 Å². The van der Waals surface area contributed by atoms with E-state index in [-0.39, 0.29) is 36.5 Å². The number of carbonyl (C=O) groups is 2. The first-order valence-electron chi connectivity index (χ1n) is 7.86. The molecule has 7 nitrogen and oxygen atoms in total. The summed E-state index contributed by atoms with van der Waals surface area (Å²) in [5.74, 6) is -0.119. The average molecular weight is 367 g/mol. The Morgan fingerprint density at radius 2 is 1.81 bits per heavy atom. The van der Waals surface area contributed by atoms with Gasteiger partial charge in [-0.15, -0.1) is 0 Å². The van der Waals surface area contributed by atoms with Crippen LogP contribution in [-0.2, 0) is 0 Å². The second-order valence-corrected chi connectivity index (χ2v) is 5.30. The minimum absolute atomic E-state index is 0.0488. The van der Waals surface area contributed by atoms with Gasteiger partial charge in [-0.2, -0.15) is 8.78 Å². The van der Waals surface area contributed by atoms with Gasteiger partial charge in [-0.3, -0.25) is 4.79 Å². The van der Waals surface area contributed by atoms with Gasteiger partial charge in [-0.05, 0) is 36.8 Å². The van der Waals surface area contributed by atoms with Crippen LogP contribution >= 0.6 is 0 Å². The van der Waals surface area contributed by atoms with Gasteiger partial charge in [0.05, 0.1) is 12.3 Å². The second-order valence-electron chi connectivity index (χ2n) is 5.30. The van der Waals surface area contributed by atoms with E-state index in [0.29, 0.717) is 0 Å². The molecule has 140 valence electrons. The quantitative estimate of drug-likeness (QED) is 0.626. The molecule has 1 heterocycles. The summed E-state index contributed by atoms with van der Waals surface area (Å²) in [5, 5.41) is 7.90. The fraction of sp³-hybridized carbons (Fsp3) is 0.294. The van der Waals surface area contributed by atoms with Crippen LogP contribution in [0.15, 0.2) is 47.1 Å². The van der Waals surface area contributed by atoms with Gasteiger partial charge in [0, 0.05) is 13.1 Å². The van der Waals surface area contributed by atoms with Crippen LogP contribution in [0.5, 0.6) is 5.75 Å².